The van der Waals surface area contributed by atoms with Gasteiger partial charge in [-0.3, -0.25) is 4.21 Å². The van der Waals surface area contributed by atoms with Crippen LogP contribution in [-0.4, -0.2) is 37.3 Å². The normalized spacial score (nSPS) is 22.1. The Labute approximate surface area is 116 Å². The average Bonchev–Trinajstić information content (AvgIpc) is 2.39. The highest BCUT2D eigenvalue weighted by Gasteiger charge is 2.18. The summed E-state index contributed by atoms with van der Waals surface area (Å²) < 4.78 is 40.4. The minimum absolute atomic E-state index is 0.0594. The van der Waals surface area contributed by atoms with Gasteiger partial charge in [0.15, 0.2) is 9.84 Å². The van der Waals surface area contributed by atoms with Crippen LogP contribution in [0, 0.1) is 0 Å². The fraction of sp³-hybridized carbons (Fsp3) is 0.538. The van der Waals surface area contributed by atoms with Crippen molar-refractivity contribution in [3.05, 3.63) is 24.3 Å². The van der Waals surface area contributed by atoms with E-state index in [9.17, 15) is 12.6 Å². The molecule has 1 aliphatic rings. The topological polar surface area (TPSA) is 60.4 Å². The zero-order valence-electron chi connectivity index (χ0n) is 10.9. The van der Waals surface area contributed by atoms with Gasteiger partial charge in [0.05, 0.1) is 27.6 Å². The second-order valence-corrected chi connectivity index (χ2v) is 8.26. The lowest BCUT2D eigenvalue weighted by Crippen LogP contribution is -2.25. The van der Waals surface area contributed by atoms with Crippen molar-refractivity contribution < 1.29 is 17.4 Å². The van der Waals surface area contributed by atoms with Crippen molar-refractivity contribution in [1.82, 2.24) is 0 Å². The molecular formula is C13H18O4S2. The van der Waals surface area contributed by atoms with Crippen molar-refractivity contribution in [2.75, 3.05) is 18.6 Å². The zero-order chi connectivity index (χ0) is 13.9. The van der Waals surface area contributed by atoms with Crippen LogP contribution in [0.15, 0.2) is 34.1 Å². The van der Waals surface area contributed by atoms with Gasteiger partial charge in [-0.1, -0.05) is 0 Å². The molecule has 2 unspecified atom stereocenters. The fourth-order valence-corrected chi connectivity index (χ4v) is 3.91. The van der Waals surface area contributed by atoms with Gasteiger partial charge in [0.2, 0.25) is 0 Å². The third-order valence-corrected chi connectivity index (χ3v) is 5.73. The van der Waals surface area contributed by atoms with E-state index in [1.807, 2.05) is 0 Å². The van der Waals surface area contributed by atoms with Gasteiger partial charge in [-0.15, -0.1) is 0 Å². The summed E-state index contributed by atoms with van der Waals surface area (Å²) in [4.78, 5) is 0.906. The Kier molecular flexibility index (Phi) is 4.76. The summed E-state index contributed by atoms with van der Waals surface area (Å²) >= 11 is 0. The third kappa shape index (κ3) is 4.12. The van der Waals surface area contributed by atoms with Gasteiger partial charge in [-0.05, 0) is 43.5 Å². The molecule has 1 aliphatic heterocycles. The molecule has 0 N–H and O–H groups in total. The minimum Gasteiger partial charge on any atom is -0.377 e. The fourth-order valence-electron chi connectivity index (χ4n) is 2.04. The third-order valence-electron chi connectivity index (χ3n) is 3.13. The molecule has 1 fully saturated rings. The standard InChI is InChI=1S/C13H18O4S2/c1-19(15,16)13-7-5-12(6-8-13)18(14)10-11-4-2-3-9-17-11/h5-8,11H,2-4,9-10H2,1H3. The molecule has 1 saturated heterocycles. The number of benzene rings is 1. The van der Waals surface area contributed by atoms with Crippen molar-refractivity contribution in [1.29, 1.82) is 0 Å². The summed E-state index contributed by atoms with van der Waals surface area (Å²) in [5, 5.41) is 0. The van der Waals surface area contributed by atoms with Crippen molar-refractivity contribution in [2.45, 2.75) is 35.2 Å². The smallest absolute Gasteiger partial charge is 0.175 e. The van der Waals surface area contributed by atoms with E-state index in [1.54, 1.807) is 12.1 Å². The Morgan fingerprint density at radius 2 is 1.95 bits per heavy atom. The molecule has 1 aromatic carbocycles. The van der Waals surface area contributed by atoms with Gasteiger partial charge in [0.1, 0.15) is 0 Å². The van der Waals surface area contributed by atoms with Gasteiger partial charge in [0.25, 0.3) is 0 Å². The van der Waals surface area contributed by atoms with Crippen LogP contribution in [0.5, 0.6) is 0 Å². The van der Waals surface area contributed by atoms with Crippen molar-refractivity contribution >= 4 is 20.6 Å². The first-order valence-corrected chi connectivity index (χ1v) is 9.48. The first-order chi connectivity index (χ1) is 8.97. The highest BCUT2D eigenvalue weighted by molar-refractivity contribution is 7.90. The molecule has 0 aromatic heterocycles. The second kappa shape index (κ2) is 6.15. The van der Waals surface area contributed by atoms with Gasteiger partial charge in [-0.25, -0.2) is 8.42 Å². The number of hydrogen-bond acceptors (Lipinski definition) is 4. The molecule has 0 amide bonds. The molecule has 106 valence electrons. The Morgan fingerprint density at radius 1 is 1.26 bits per heavy atom. The highest BCUT2D eigenvalue weighted by atomic mass is 32.2. The summed E-state index contributed by atoms with van der Waals surface area (Å²) in [5.74, 6) is 0.484. The van der Waals surface area contributed by atoms with E-state index in [2.05, 4.69) is 0 Å². The van der Waals surface area contributed by atoms with Gasteiger partial charge in [-0.2, -0.15) is 0 Å². The first kappa shape index (κ1) is 14.7. The van der Waals surface area contributed by atoms with Crippen LogP contribution in [0.4, 0.5) is 0 Å². The summed E-state index contributed by atoms with van der Waals surface area (Å²) in [5.41, 5.74) is 0. The Morgan fingerprint density at radius 3 is 2.47 bits per heavy atom. The SMILES string of the molecule is CS(=O)(=O)c1ccc(S(=O)CC2CCCCO2)cc1. The summed E-state index contributed by atoms with van der Waals surface area (Å²) in [6.45, 7) is 0.745. The Bertz CT molecular complexity index is 543. The van der Waals surface area contributed by atoms with Crippen LogP contribution >= 0.6 is 0 Å². The molecule has 2 atom stereocenters. The second-order valence-electron chi connectivity index (χ2n) is 4.74. The molecule has 19 heavy (non-hydrogen) atoms. The van der Waals surface area contributed by atoms with Gasteiger partial charge >= 0.3 is 0 Å². The molecule has 0 saturated carbocycles. The van der Waals surface area contributed by atoms with Gasteiger partial charge in [0, 0.05) is 17.8 Å². The maximum Gasteiger partial charge on any atom is 0.175 e. The molecule has 2 rings (SSSR count). The molecule has 0 radical (unpaired) electrons. The molecule has 1 aromatic rings. The molecule has 0 aliphatic carbocycles. The monoisotopic (exact) mass is 302 g/mol. The van der Waals surface area contributed by atoms with Crippen LogP contribution < -0.4 is 0 Å². The lowest BCUT2D eigenvalue weighted by Gasteiger charge is -2.21. The quantitative estimate of drug-likeness (QED) is 0.850. The lowest BCUT2D eigenvalue weighted by molar-refractivity contribution is 0.0310. The molecule has 0 bridgehead atoms. The van der Waals surface area contributed by atoms with E-state index in [0.29, 0.717) is 10.6 Å². The first-order valence-electron chi connectivity index (χ1n) is 6.27. The zero-order valence-corrected chi connectivity index (χ0v) is 12.5. The van der Waals surface area contributed by atoms with Crippen molar-refractivity contribution in [3.63, 3.8) is 0 Å². The van der Waals surface area contributed by atoms with Crippen molar-refractivity contribution in [3.8, 4) is 0 Å². The average molecular weight is 302 g/mol. The van der Waals surface area contributed by atoms with E-state index in [-0.39, 0.29) is 11.0 Å². The van der Waals surface area contributed by atoms with Crippen LogP contribution in [-0.2, 0) is 25.4 Å². The van der Waals surface area contributed by atoms with Crippen molar-refractivity contribution in [2.24, 2.45) is 0 Å². The maximum absolute atomic E-state index is 12.2. The van der Waals surface area contributed by atoms with Crippen LogP contribution in [0.3, 0.4) is 0 Å². The Hall–Kier alpha value is -0.720. The van der Waals surface area contributed by atoms with Crippen LogP contribution in [0.25, 0.3) is 0 Å². The lowest BCUT2D eigenvalue weighted by atomic mass is 10.1. The highest BCUT2D eigenvalue weighted by Crippen LogP contribution is 2.18. The number of ether oxygens (including phenoxy) is 1. The van der Waals surface area contributed by atoms with Crippen LogP contribution in [0.1, 0.15) is 19.3 Å². The van der Waals surface area contributed by atoms with E-state index in [1.165, 1.54) is 12.1 Å². The minimum atomic E-state index is -3.20. The van der Waals surface area contributed by atoms with E-state index in [0.717, 1.165) is 32.1 Å². The van der Waals surface area contributed by atoms with E-state index < -0.39 is 20.6 Å². The van der Waals surface area contributed by atoms with Crippen LogP contribution in [0.2, 0.25) is 0 Å². The number of rotatable bonds is 4. The maximum atomic E-state index is 12.2. The molecule has 1 heterocycles. The predicted octanol–water partition coefficient (Wildman–Crippen LogP) is 1.77. The van der Waals surface area contributed by atoms with Gasteiger partial charge < -0.3 is 4.74 Å². The molecule has 0 spiro atoms. The van der Waals surface area contributed by atoms with E-state index in [4.69, 9.17) is 4.74 Å². The van der Waals surface area contributed by atoms with E-state index >= 15 is 0 Å². The largest absolute Gasteiger partial charge is 0.377 e. The summed E-state index contributed by atoms with van der Waals surface area (Å²) in [6.07, 6.45) is 4.37. The summed E-state index contributed by atoms with van der Waals surface area (Å²) in [6, 6.07) is 6.25. The number of sulfone groups is 1. The number of hydrogen-bond donors (Lipinski definition) is 0. The molecule has 6 heteroatoms. The summed E-state index contributed by atoms with van der Waals surface area (Å²) in [7, 11) is -4.33. The Balaban J connectivity index is 2.03. The molecular weight excluding hydrogens is 284 g/mol. The molecule has 4 nitrogen and oxygen atoms in total. The predicted molar refractivity (Wildman–Crippen MR) is 74.4 cm³/mol.